The van der Waals surface area contributed by atoms with Gasteiger partial charge in [0, 0.05) is 25.7 Å². The van der Waals surface area contributed by atoms with Crippen molar-refractivity contribution in [2.75, 3.05) is 39.6 Å². The molecule has 0 saturated heterocycles. The Hall–Kier alpha value is -2.98. The monoisotopic (exact) mass is 1430 g/mol. The molecule has 0 spiro atoms. The van der Waals surface area contributed by atoms with E-state index in [1.807, 2.05) is 0 Å². The van der Waals surface area contributed by atoms with Crippen molar-refractivity contribution in [3.8, 4) is 0 Å². The van der Waals surface area contributed by atoms with E-state index < -0.39 is 97.5 Å². The van der Waals surface area contributed by atoms with Gasteiger partial charge < -0.3 is 33.8 Å². The molecule has 0 aliphatic carbocycles. The first-order valence-corrected chi connectivity index (χ1v) is 42.9. The summed E-state index contributed by atoms with van der Waals surface area (Å²) >= 11 is 0. The summed E-state index contributed by atoms with van der Waals surface area (Å²) in [5.74, 6) is -2.16. The molecule has 0 amide bonds. The summed E-state index contributed by atoms with van der Waals surface area (Å²) in [6.07, 6.45) is 69.4. The fraction of sp³-hybridized carbons (Fsp3) is 0.848. The van der Waals surface area contributed by atoms with Crippen LogP contribution in [0.25, 0.3) is 0 Å². The maximum atomic E-state index is 13.1. The number of aliphatic hydroxyl groups excluding tert-OH is 1. The minimum Gasteiger partial charge on any atom is -0.462 e. The molecule has 0 rings (SSSR count). The van der Waals surface area contributed by atoms with Gasteiger partial charge in [-0.3, -0.25) is 37.3 Å². The molecule has 0 aromatic carbocycles. The maximum absolute atomic E-state index is 13.1. The number of allylic oxidation sites excluding steroid dienone is 8. The molecule has 0 aliphatic rings. The normalized spacial score (nSPS) is 14.2. The van der Waals surface area contributed by atoms with Crippen molar-refractivity contribution in [3.05, 3.63) is 48.6 Å². The lowest BCUT2D eigenvalue weighted by atomic mass is 10.0. The Kier molecular flexibility index (Phi) is 70.2. The highest BCUT2D eigenvalue weighted by Gasteiger charge is 2.30. The summed E-state index contributed by atoms with van der Waals surface area (Å²) in [5, 5.41) is 10.6. The molecule has 5 unspecified atom stereocenters. The van der Waals surface area contributed by atoms with Crippen molar-refractivity contribution in [2.24, 2.45) is 0 Å². The standard InChI is InChI=1S/C79H146O17P2/c1-5-9-13-17-21-25-29-33-36-40-43-47-51-55-59-63-76(81)89-69-74(95-78(83)65-61-57-53-49-45-39-32-28-24-20-16-12-8-4)71-93-97(85,86)91-67-73(80)68-92-98(87,88)94-72-75(96-79(84)66-62-58-54-50-46-42-38-35-31-27-23-19-15-11-7-3)70-90-77(82)64-60-56-52-48-44-41-37-34-30-26-22-18-14-10-6-2/h16,20-21,25,28,32-33,36,73-75,80H,5-15,17-19,22-24,26-27,29-31,34-35,37-72H2,1-4H3,(H,85,86)(H,87,88)/b20-16-,25-21-,32-28-,36-33-. The Labute approximate surface area is 597 Å². The average molecular weight is 1430 g/mol. The smallest absolute Gasteiger partial charge is 0.462 e. The zero-order valence-electron chi connectivity index (χ0n) is 62.7. The summed E-state index contributed by atoms with van der Waals surface area (Å²) < 4.78 is 68.6. The van der Waals surface area contributed by atoms with Crippen LogP contribution in [0.15, 0.2) is 48.6 Å². The summed E-state index contributed by atoms with van der Waals surface area (Å²) in [4.78, 5) is 72.9. The molecule has 5 atom stereocenters. The first-order chi connectivity index (χ1) is 47.7. The van der Waals surface area contributed by atoms with Crippen molar-refractivity contribution < 1.29 is 80.2 Å². The first kappa shape index (κ1) is 95.0. The molecule has 574 valence electrons. The number of hydrogen-bond donors (Lipinski definition) is 3. The highest BCUT2D eigenvalue weighted by Crippen LogP contribution is 2.45. The van der Waals surface area contributed by atoms with Gasteiger partial charge in [0.15, 0.2) is 12.2 Å². The highest BCUT2D eigenvalue weighted by atomic mass is 31.2. The Morgan fingerprint density at radius 1 is 0.286 bits per heavy atom. The zero-order valence-corrected chi connectivity index (χ0v) is 64.5. The molecule has 0 aliphatic heterocycles. The van der Waals surface area contributed by atoms with Crippen molar-refractivity contribution in [1.82, 2.24) is 0 Å². The summed E-state index contributed by atoms with van der Waals surface area (Å²) in [5.41, 5.74) is 0. The third-order valence-electron chi connectivity index (χ3n) is 17.3. The lowest BCUT2D eigenvalue weighted by Gasteiger charge is -2.21. The van der Waals surface area contributed by atoms with Crippen LogP contribution in [0, 0.1) is 0 Å². The second-order valence-corrected chi connectivity index (χ2v) is 29.9. The maximum Gasteiger partial charge on any atom is 0.472 e. The number of aliphatic hydroxyl groups is 1. The van der Waals surface area contributed by atoms with Crippen molar-refractivity contribution in [3.63, 3.8) is 0 Å². The number of phosphoric acid groups is 2. The van der Waals surface area contributed by atoms with Gasteiger partial charge in [0.2, 0.25) is 0 Å². The van der Waals surface area contributed by atoms with Gasteiger partial charge in [-0.05, 0) is 83.5 Å². The van der Waals surface area contributed by atoms with E-state index in [9.17, 15) is 43.2 Å². The Morgan fingerprint density at radius 3 is 0.816 bits per heavy atom. The number of phosphoric ester groups is 2. The topological polar surface area (TPSA) is 237 Å². The molecule has 0 radical (unpaired) electrons. The van der Waals surface area contributed by atoms with Crippen molar-refractivity contribution in [2.45, 2.75) is 393 Å². The summed E-state index contributed by atoms with van der Waals surface area (Å²) in [6.45, 7) is 4.84. The van der Waals surface area contributed by atoms with Gasteiger partial charge in [-0.25, -0.2) is 9.13 Å². The Bertz CT molecular complexity index is 2050. The molecule has 0 saturated carbocycles. The van der Waals surface area contributed by atoms with Gasteiger partial charge in [0.05, 0.1) is 26.4 Å². The van der Waals surface area contributed by atoms with E-state index in [1.54, 1.807) is 0 Å². The molecule has 19 heteroatoms. The molecule has 0 aromatic rings. The molecule has 17 nitrogen and oxygen atoms in total. The van der Waals surface area contributed by atoms with Gasteiger partial charge >= 0.3 is 39.5 Å². The number of esters is 4. The van der Waals surface area contributed by atoms with E-state index in [0.29, 0.717) is 25.7 Å². The van der Waals surface area contributed by atoms with Crippen LogP contribution in [-0.2, 0) is 65.4 Å². The summed E-state index contributed by atoms with van der Waals surface area (Å²) in [7, 11) is -9.94. The number of unbranched alkanes of at least 4 members (excludes halogenated alkanes) is 42. The predicted molar refractivity (Wildman–Crippen MR) is 400 cm³/mol. The molecule has 0 heterocycles. The van der Waals surface area contributed by atoms with Crippen molar-refractivity contribution in [1.29, 1.82) is 0 Å². The second-order valence-electron chi connectivity index (χ2n) is 27.0. The van der Waals surface area contributed by atoms with Gasteiger partial charge in [-0.15, -0.1) is 0 Å². The van der Waals surface area contributed by atoms with E-state index in [4.69, 9.17) is 37.0 Å². The van der Waals surface area contributed by atoms with Crippen LogP contribution in [-0.4, -0.2) is 96.7 Å². The van der Waals surface area contributed by atoms with Crippen LogP contribution in [0.3, 0.4) is 0 Å². The van der Waals surface area contributed by atoms with Crippen LogP contribution in [0.5, 0.6) is 0 Å². The fourth-order valence-electron chi connectivity index (χ4n) is 11.2. The van der Waals surface area contributed by atoms with Crippen LogP contribution < -0.4 is 0 Å². The number of rotatable bonds is 76. The minimum atomic E-state index is -4.97. The van der Waals surface area contributed by atoms with Crippen LogP contribution in [0.2, 0.25) is 0 Å². The van der Waals surface area contributed by atoms with Gasteiger partial charge in [0.1, 0.15) is 19.3 Å². The molecular formula is C79H146O17P2. The zero-order chi connectivity index (χ0) is 71.8. The minimum absolute atomic E-state index is 0.0801. The molecule has 0 bridgehead atoms. The number of carbonyl (C=O) groups is 4. The highest BCUT2D eigenvalue weighted by molar-refractivity contribution is 7.47. The SMILES string of the molecule is CCC/C=C\C/C=C\CCCCCCCC(=O)OC(COC(=O)CCCCCCC/C=C\C/C=C\CCCCC)COP(=O)(O)OCC(O)COP(=O)(O)OCC(COC(=O)CCCCCCCCCCCCCCCCC)OC(=O)CCCCCCCCCCCCCCCCC. The van der Waals surface area contributed by atoms with Gasteiger partial charge in [0.25, 0.3) is 0 Å². The van der Waals surface area contributed by atoms with Crippen LogP contribution >= 0.6 is 15.6 Å². The van der Waals surface area contributed by atoms with Crippen molar-refractivity contribution >= 4 is 39.5 Å². The molecule has 0 fully saturated rings. The lowest BCUT2D eigenvalue weighted by Crippen LogP contribution is -2.30. The second kappa shape index (κ2) is 72.4. The van der Waals surface area contributed by atoms with Crippen LogP contribution in [0.1, 0.15) is 374 Å². The molecule has 98 heavy (non-hydrogen) atoms. The molecular weight excluding hydrogens is 1280 g/mol. The van der Waals surface area contributed by atoms with Gasteiger partial charge in [-0.2, -0.15) is 0 Å². The van der Waals surface area contributed by atoms with Crippen LogP contribution in [0.4, 0.5) is 0 Å². The van der Waals surface area contributed by atoms with E-state index in [1.165, 1.54) is 154 Å². The number of hydrogen-bond acceptors (Lipinski definition) is 15. The Balaban J connectivity index is 5.31. The largest absolute Gasteiger partial charge is 0.472 e. The Morgan fingerprint density at radius 2 is 0.520 bits per heavy atom. The molecule has 3 N–H and O–H groups in total. The third-order valence-corrected chi connectivity index (χ3v) is 19.2. The van der Waals surface area contributed by atoms with Gasteiger partial charge in [-0.1, -0.05) is 314 Å². The first-order valence-electron chi connectivity index (χ1n) is 39.9. The lowest BCUT2D eigenvalue weighted by molar-refractivity contribution is -0.161. The van der Waals surface area contributed by atoms with E-state index in [2.05, 4.69) is 76.3 Å². The molecule has 0 aromatic heterocycles. The average Bonchev–Trinajstić information content (AvgIpc) is 1.07. The van der Waals surface area contributed by atoms with E-state index in [-0.39, 0.29) is 25.7 Å². The van der Waals surface area contributed by atoms with E-state index >= 15 is 0 Å². The summed E-state index contributed by atoms with van der Waals surface area (Å²) in [6, 6.07) is 0. The predicted octanol–water partition coefficient (Wildman–Crippen LogP) is 22.9. The van der Waals surface area contributed by atoms with E-state index in [0.717, 1.165) is 141 Å². The third kappa shape index (κ3) is 71.4. The number of carbonyl (C=O) groups excluding carboxylic acids is 4. The fourth-order valence-corrected chi connectivity index (χ4v) is 12.8. The quantitative estimate of drug-likeness (QED) is 0.0169. The number of ether oxygens (including phenoxy) is 4.